The maximum absolute atomic E-state index is 15.1. The molecule has 2 aliphatic rings. The van der Waals surface area contributed by atoms with Gasteiger partial charge in [0.15, 0.2) is 0 Å². The summed E-state index contributed by atoms with van der Waals surface area (Å²) in [4.78, 5) is 4.14. The molecule has 38 heavy (non-hydrogen) atoms. The number of hydrogen-bond acceptors (Lipinski definition) is 6. The van der Waals surface area contributed by atoms with Gasteiger partial charge in [0.1, 0.15) is 5.82 Å². The third-order valence-corrected chi connectivity index (χ3v) is 7.34. The van der Waals surface area contributed by atoms with E-state index in [9.17, 15) is 0 Å². The molecule has 8 heteroatoms. The number of nitrogens with zero attached hydrogens (tertiary/aromatic N) is 3. The minimum absolute atomic E-state index is 0.133. The van der Waals surface area contributed by atoms with E-state index in [4.69, 9.17) is 11.1 Å². The average molecular weight is 516 g/mol. The monoisotopic (exact) mass is 515 g/mol. The van der Waals surface area contributed by atoms with Gasteiger partial charge in [0.05, 0.1) is 23.5 Å². The zero-order chi connectivity index (χ0) is 27.6. The SMILES string of the molecule is C=CC(C=C)n1nccc1C(=C)NC(C(=C)Nc1ccc(/C(C(C)=N)=C(\C)N)c(F)n1)C(C1CC1)C1CC1. The molecule has 2 aliphatic carbocycles. The summed E-state index contributed by atoms with van der Waals surface area (Å²) in [7, 11) is 0. The van der Waals surface area contributed by atoms with Gasteiger partial charge >= 0.3 is 0 Å². The molecule has 7 nitrogen and oxygen atoms in total. The number of hydrogen-bond donors (Lipinski definition) is 4. The van der Waals surface area contributed by atoms with Gasteiger partial charge in [-0.25, -0.2) is 4.98 Å². The lowest BCUT2D eigenvalue weighted by atomic mass is 9.87. The van der Waals surface area contributed by atoms with Gasteiger partial charge < -0.3 is 21.8 Å². The smallest absolute Gasteiger partial charge is 0.222 e. The Kier molecular flexibility index (Phi) is 7.99. The molecular formula is C30H38FN7. The van der Waals surface area contributed by atoms with E-state index in [1.807, 2.05) is 10.7 Å². The topological polar surface area (TPSA) is 105 Å². The van der Waals surface area contributed by atoms with E-state index in [-0.39, 0.29) is 23.4 Å². The van der Waals surface area contributed by atoms with Crippen molar-refractivity contribution in [1.82, 2.24) is 20.1 Å². The van der Waals surface area contributed by atoms with Crippen molar-refractivity contribution in [2.75, 3.05) is 5.32 Å². The van der Waals surface area contributed by atoms with Gasteiger partial charge in [-0.05, 0) is 75.5 Å². The first-order chi connectivity index (χ1) is 18.2. The fourth-order valence-electron chi connectivity index (χ4n) is 5.30. The van der Waals surface area contributed by atoms with Crippen molar-refractivity contribution >= 4 is 22.8 Å². The fourth-order valence-corrected chi connectivity index (χ4v) is 5.30. The molecular weight excluding hydrogens is 477 g/mol. The summed E-state index contributed by atoms with van der Waals surface area (Å²) in [6.45, 7) is 19.7. The molecule has 2 fully saturated rings. The van der Waals surface area contributed by atoms with E-state index >= 15 is 4.39 Å². The van der Waals surface area contributed by atoms with Crippen LogP contribution in [0.2, 0.25) is 0 Å². The number of rotatable bonds is 14. The number of nitrogens with two attached hydrogens (primary N) is 1. The molecule has 2 heterocycles. The first-order valence-electron chi connectivity index (χ1n) is 13.0. The predicted octanol–water partition coefficient (Wildman–Crippen LogP) is 6.05. The Balaban J connectivity index is 1.60. The lowest BCUT2D eigenvalue weighted by molar-refractivity contribution is 0.336. The highest BCUT2D eigenvalue weighted by atomic mass is 19.1. The lowest BCUT2D eigenvalue weighted by Gasteiger charge is -2.32. The highest BCUT2D eigenvalue weighted by Crippen LogP contribution is 2.52. The molecule has 2 aromatic rings. The molecule has 4 rings (SSSR count). The van der Waals surface area contributed by atoms with Crippen molar-refractivity contribution in [3.05, 3.63) is 91.5 Å². The predicted molar refractivity (Wildman–Crippen MR) is 154 cm³/mol. The van der Waals surface area contributed by atoms with E-state index in [0.29, 0.717) is 40.5 Å². The molecule has 0 saturated heterocycles. The zero-order valence-electron chi connectivity index (χ0n) is 22.3. The number of allylic oxidation sites excluding steroid dienone is 4. The Hall–Kier alpha value is -3.94. The van der Waals surface area contributed by atoms with Crippen LogP contribution in [-0.2, 0) is 0 Å². The summed E-state index contributed by atoms with van der Waals surface area (Å²) < 4.78 is 16.9. The fraction of sp³-hybridized carbons (Fsp3) is 0.367. The van der Waals surface area contributed by atoms with E-state index in [2.05, 4.69) is 47.0 Å². The summed E-state index contributed by atoms with van der Waals surface area (Å²) in [6, 6.07) is 4.92. The van der Waals surface area contributed by atoms with E-state index in [1.165, 1.54) is 25.7 Å². The van der Waals surface area contributed by atoms with Gasteiger partial charge in [-0.3, -0.25) is 4.68 Å². The normalized spacial score (nSPS) is 16.6. The maximum atomic E-state index is 15.1. The molecule has 0 aliphatic heterocycles. The average Bonchev–Trinajstić information content (AvgIpc) is 3.80. The largest absolute Gasteiger partial charge is 0.402 e. The van der Waals surface area contributed by atoms with Crippen LogP contribution in [0.3, 0.4) is 0 Å². The van der Waals surface area contributed by atoms with Gasteiger partial charge in [0, 0.05) is 34.4 Å². The first kappa shape index (κ1) is 27.1. The van der Waals surface area contributed by atoms with Gasteiger partial charge in [0.25, 0.3) is 0 Å². The van der Waals surface area contributed by atoms with Gasteiger partial charge in [-0.15, -0.1) is 13.2 Å². The third-order valence-electron chi connectivity index (χ3n) is 7.34. The molecule has 5 N–H and O–H groups in total. The summed E-state index contributed by atoms with van der Waals surface area (Å²) in [5.74, 6) is 1.28. The summed E-state index contributed by atoms with van der Waals surface area (Å²) in [6.07, 6.45) is 10.1. The van der Waals surface area contributed by atoms with Gasteiger partial charge in [0.2, 0.25) is 5.95 Å². The minimum Gasteiger partial charge on any atom is -0.402 e. The molecule has 2 aromatic heterocycles. The Bertz CT molecular complexity index is 1270. The van der Waals surface area contributed by atoms with Crippen LogP contribution in [0.25, 0.3) is 11.3 Å². The van der Waals surface area contributed by atoms with E-state index < -0.39 is 5.95 Å². The van der Waals surface area contributed by atoms with Crippen molar-refractivity contribution in [1.29, 1.82) is 5.41 Å². The van der Waals surface area contributed by atoms with Crippen LogP contribution in [-0.4, -0.2) is 26.5 Å². The van der Waals surface area contributed by atoms with Crippen LogP contribution >= 0.6 is 0 Å². The van der Waals surface area contributed by atoms with Crippen LogP contribution in [0, 0.1) is 29.1 Å². The minimum atomic E-state index is -0.687. The number of nitrogens with one attached hydrogen (secondary N) is 3. The van der Waals surface area contributed by atoms with Gasteiger partial charge in [-0.2, -0.15) is 9.49 Å². The van der Waals surface area contributed by atoms with Crippen LogP contribution in [0.15, 0.2) is 74.3 Å². The van der Waals surface area contributed by atoms with Crippen LogP contribution in [0.4, 0.5) is 10.2 Å². The number of aromatic nitrogens is 3. The van der Waals surface area contributed by atoms with Crippen molar-refractivity contribution in [2.45, 2.75) is 51.6 Å². The second-order valence-electron chi connectivity index (χ2n) is 10.3. The molecule has 0 aromatic carbocycles. The summed E-state index contributed by atoms with van der Waals surface area (Å²) in [5, 5.41) is 19.3. The third kappa shape index (κ3) is 5.79. The Morgan fingerprint density at radius 3 is 2.26 bits per heavy atom. The molecule has 0 spiro atoms. The van der Waals surface area contributed by atoms with Crippen LogP contribution < -0.4 is 16.4 Å². The number of halogens is 1. The van der Waals surface area contributed by atoms with E-state index in [1.54, 1.807) is 44.3 Å². The quantitative estimate of drug-likeness (QED) is 0.139. The number of pyridine rings is 1. The molecule has 0 bridgehead atoms. The summed E-state index contributed by atoms with van der Waals surface area (Å²) >= 11 is 0. The molecule has 0 radical (unpaired) electrons. The number of anilines is 1. The molecule has 2 saturated carbocycles. The first-order valence-corrected chi connectivity index (χ1v) is 13.0. The summed E-state index contributed by atoms with van der Waals surface area (Å²) in [5.41, 5.74) is 9.30. The second kappa shape index (κ2) is 11.2. The van der Waals surface area contributed by atoms with Crippen molar-refractivity contribution < 1.29 is 4.39 Å². The molecule has 1 unspecified atom stereocenters. The standard InChI is InChI=1S/C30H38FN7/c1-7-23(8-2)38-25(15-16-34-38)19(5)36-29(28(21-9-10-21)22-11-12-22)20(6)35-26-14-13-24(30(31)37-26)27(17(3)32)18(4)33/h7-8,13-16,21-23,28-29,32,36H,1-2,5-6,9-12,33H2,3-4H3,(H,35,37)/b27-18+,32-17?. The highest BCUT2D eigenvalue weighted by Gasteiger charge is 2.46. The van der Waals surface area contributed by atoms with Crippen molar-refractivity contribution in [3.8, 4) is 0 Å². The Morgan fingerprint density at radius 2 is 1.76 bits per heavy atom. The van der Waals surface area contributed by atoms with Gasteiger partial charge in [-0.1, -0.05) is 25.3 Å². The van der Waals surface area contributed by atoms with Crippen molar-refractivity contribution in [3.63, 3.8) is 0 Å². The molecule has 0 amide bonds. The second-order valence-corrected chi connectivity index (χ2v) is 10.3. The lowest BCUT2D eigenvalue weighted by Crippen LogP contribution is -2.41. The maximum Gasteiger partial charge on any atom is 0.222 e. The molecule has 200 valence electrons. The van der Waals surface area contributed by atoms with Crippen LogP contribution in [0.1, 0.15) is 56.8 Å². The van der Waals surface area contributed by atoms with Crippen LogP contribution in [0.5, 0.6) is 0 Å². The Morgan fingerprint density at radius 1 is 1.13 bits per heavy atom. The van der Waals surface area contributed by atoms with E-state index in [0.717, 1.165) is 11.4 Å². The Labute approximate surface area is 224 Å². The highest BCUT2D eigenvalue weighted by molar-refractivity contribution is 6.21. The van der Waals surface area contributed by atoms with Crippen molar-refractivity contribution in [2.24, 2.45) is 23.5 Å². The zero-order valence-corrected chi connectivity index (χ0v) is 22.3. The molecule has 1 atom stereocenters.